The largest absolute Gasteiger partial charge is 4.00 e. The summed E-state index contributed by atoms with van der Waals surface area (Å²) in [5, 5.41) is 40.0. The van der Waals surface area contributed by atoms with Crippen molar-refractivity contribution in [1.29, 1.82) is 0 Å². The van der Waals surface area contributed by atoms with Gasteiger partial charge in [-0.2, -0.15) is 0 Å². The fourth-order valence-corrected chi connectivity index (χ4v) is 2.42. The molecule has 37 heavy (non-hydrogen) atoms. The van der Waals surface area contributed by atoms with Crippen LogP contribution < -0.4 is 43.4 Å². The Labute approximate surface area is 241 Å². The van der Waals surface area contributed by atoms with Crippen molar-refractivity contribution in [3.05, 3.63) is 0 Å². The van der Waals surface area contributed by atoms with Crippen LogP contribution in [0.2, 0.25) is 0 Å². The number of carboxylic acid groups (broad SMARTS) is 4. The summed E-state index contributed by atoms with van der Waals surface area (Å²) in [4.78, 5) is 40.0. The van der Waals surface area contributed by atoms with Crippen LogP contribution in [-0.2, 0) is 45.4 Å². The zero-order valence-corrected chi connectivity index (χ0v) is 26.0. The van der Waals surface area contributed by atoms with Crippen molar-refractivity contribution >= 4 is 23.9 Å². The van der Waals surface area contributed by atoms with Gasteiger partial charge in [0.05, 0.1) is 23.9 Å². The van der Waals surface area contributed by atoms with Crippen molar-refractivity contribution in [3.63, 3.8) is 0 Å². The van der Waals surface area contributed by atoms with Gasteiger partial charge in [0.2, 0.25) is 0 Å². The molecular formula is C24H48N4O8Zr. The maximum absolute atomic E-state index is 10.00. The van der Waals surface area contributed by atoms with E-state index >= 15 is 0 Å². The topological polar surface area (TPSA) is 265 Å². The van der Waals surface area contributed by atoms with Gasteiger partial charge in [-0.05, 0) is 49.4 Å². The molecule has 0 aliphatic heterocycles. The first kappa shape index (κ1) is 45.5. The molecule has 0 saturated heterocycles. The fourth-order valence-electron chi connectivity index (χ4n) is 2.42. The van der Waals surface area contributed by atoms with Crippen LogP contribution in [0.5, 0.6) is 0 Å². The third-order valence-corrected chi connectivity index (χ3v) is 4.11. The van der Waals surface area contributed by atoms with Gasteiger partial charge in [0, 0.05) is 24.2 Å². The molecule has 0 aromatic heterocycles. The van der Waals surface area contributed by atoms with Gasteiger partial charge in [0.25, 0.3) is 0 Å². The molecule has 13 heteroatoms. The van der Waals surface area contributed by atoms with Crippen molar-refractivity contribution < 1.29 is 65.8 Å². The summed E-state index contributed by atoms with van der Waals surface area (Å²) in [5.74, 6) is -3.38. The van der Waals surface area contributed by atoms with Gasteiger partial charge >= 0.3 is 26.2 Å². The molecule has 4 atom stereocenters. The van der Waals surface area contributed by atoms with Crippen molar-refractivity contribution in [2.24, 2.45) is 46.6 Å². The van der Waals surface area contributed by atoms with Crippen molar-refractivity contribution in [1.82, 2.24) is 0 Å². The minimum absolute atomic E-state index is 0. The first-order valence-corrected chi connectivity index (χ1v) is 12.0. The molecule has 0 bridgehead atoms. The third kappa shape index (κ3) is 39.3. The van der Waals surface area contributed by atoms with Crippen LogP contribution in [0.1, 0.15) is 81.1 Å². The van der Waals surface area contributed by atoms with Crippen molar-refractivity contribution in [3.8, 4) is 0 Å². The maximum atomic E-state index is 10.00. The molecule has 0 aromatic rings. The summed E-state index contributed by atoms with van der Waals surface area (Å²) >= 11 is 0. The number of aliphatic carboxylic acids is 4. The van der Waals surface area contributed by atoms with Crippen LogP contribution in [0.4, 0.5) is 0 Å². The van der Waals surface area contributed by atoms with Gasteiger partial charge in [-0.25, -0.2) is 0 Å². The number of rotatable bonds is 12. The average Bonchev–Trinajstić information content (AvgIpc) is 2.67. The number of carbonyl (C=O) groups excluding carboxylic acids is 4. The molecule has 12 nitrogen and oxygen atoms in total. The Hall–Kier alpha value is -1.40. The van der Waals surface area contributed by atoms with Gasteiger partial charge in [-0.3, -0.25) is 0 Å². The normalized spacial score (nSPS) is 13.4. The van der Waals surface area contributed by atoms with Crippen LogP contribution in [0, 0.1) is 23.7 Å². The minimum atomic E-state index is -1.16. The van der Waals surface area contributed by atoms with E-state index in [0.717, 1.165) is 0 Å². The zero-order valence-electron chi connectivity index (χ0n) is 23.5. The van der Waals surface area contributed by atoms with Crippen molar-refractivity contribution in [2.45, 2.75) is 105 Å². The summed E-state index contributed by atoms with van der Waals surface area (Å²) in [6.45, 7) is 15.4. The second-order valence-corrected chi connectivity index (χ2v) is 10.2. The fraction of sp³-hybridized carbons (Fsp3) is 0.833. The zero-order chi connectivity index (χ0) is 29.8. The van der Waals surface area contributed by atoms with Crippen LogP contribution >= 0.6 is 0 Å². The monoisotopic (exact) mass is 610 g/mol. The smallest absolute Gasteiger partial charge is 0.548 e. The Kier molecular flexibility index (Phi) is 32.3. The Morgan fingerprint density at radius 1 is 0.432 bits per heavy atom. The summed E-state index contributed by atoms with van der Waals surface area (Å²) < 4.78 is 0. The Morgan fingerprint density at radius 2 is 0.541 bits per heavy atom. The summed E-state index contributed by atoms with van der Waals surface area (Å²) in [6, 6.07) is -3.20. The van der Waals surface area contributed by atoms with E-state index in [1.165, 1.54) is 0 Å². The quantitative estimate of drug-likeness (QED) is 0.167. The molecule has 8 N–H and O–H groups in total. The van der Waals surface area contributed by atoms with Gasteiger partial charge in [-0.15, -0.1) is 0 Å². The molecule has 4 unspecified atom stereocenters. The number of hydrogen-bond acceptors (Lipinski definition) is 12. The predicted octanol–water partition coefficient (Wildman–Crippen LogP) is -3.56. The van der Waals surface area contributed by atoms with E-state index in [-0.39, 0.29) is 26.2 Å². The maximum Gasteiger partial charge on any atom is 4.00 e. The summed E-state index contributed by atoms with van der Waals surface area (Å²) in [6.07, 6.45) is 1.95. The third-order valence-electron chi connectivity index (χ3n) is 4.11. The molecule has 0 aliphatic carbocycles. The molecule has 0 aromatic carbocycles. The minimum Gasteiger partial charge on any atom is -0.548 e. The first-order chi connectivity index (χ1) is 16.1. The molecule has 0 rings (SSSR count). The molecular weight excluding hydrogens is 564 g/mol. The van der Waals surface area contributed by atoms with Crippen molar-refractivity contribution in [2.75, 3.05) is 0 Å². The SMILES string of the molecule is CC(C)CC(N)C(=O)[O-].CC(C)CC(N)C(=O)[O-].CC(C)CC(N)C(=O)[O-].CC(C)CC(N)C(=O)[O-].[Zr+4]. The molecule has 0 spiro atoms. The molecule has 216 valence electrons. The standard InChI is InChI=1S/4C6H13NO2.Zr/c4*1-4(2)3-5(7)6(8)9;/h4*4-5H,3,7H2,1-2H3,(H,8,9);/q;;;;+4/p-4. The van der Waals surface area contributed by atoms with E-state index < -0.39 is 48.0 Å². The molecule has 0 radical (unpaired) electrons. The average molecular weight is 612 g/mol. The van der Waals surface area contributed by atoms with E-state index in [1.54, 1.807) is 0 Å². The second-order valence-electron chi connectivity index (χ2n) is 10.2. The molecule has 0 aliphatic rings. The van der Waals surface area contributed by atoms with E-state index in [0.29, 0.717) is 49.4 Å². The molecule has 0 saturated carbocycles. The summed E-state index contributed by atoms with van der Waals surface area (Å²) in [7, 11) is 0. The van der Waals surface area contributed by atoms with Crippen LogP contribution in [0.3, 0.4) is 0 Å². The number of carbonyl (C=O) groups is 4. The van der Waals surface area contributed by atoms with Crippen LogP contribution in [-0.4, -0.2) is 48.0 Å². The van der Waals surface area contributed by atoms with Gasteiger partial charge in [0.15, 0.2) is 0 Å². The van der Waals surface area contributed by atoms with E-state index in [9.17, 15) is 39.6 Å². The molecule has 0 amide bonds. The van der Waals surface area contributed by atoms with Gasteiger partial charge < -0.3 is 62.5 Å². The van der Waals surface area contributed by atoms with Crippen LogP contribution in [0.25, 0.3) is 0 Å². The summed E-state index contributed by atoms with van der Waals surface area (Å²) in [5.41, 5.74) is 20.6. The number of nitrogens with two attached hydrogens (primary N) is 4. The number of hydrogen-bond donors (Lipinski definition) is 4. The molecule has 0 fully saturated rings. The van der Waals surface area contributed by atoms with E-state index in [4.69, 9.17) is 22.9 Å². The number of carboxylic acids is 4. The van der Waals surface area contributed by atoms with E-state index in [2.05, 4.69) is 0 Å². The van der Waals surface area contributed by atoms with Gasteiger partial charge in [-0.1, -0.05) is 55.4 Å². The Balaban J connectivity index is -0.000000122. The van der Waals surface area contributed by atoms with E-state index in [1.807, 2.05) is 55.4 Å². The second kappa shape index (κ2) is 26.2. The molecule has 0 heterocycles. The Morgan fingerprint density at radius 3 is 0.568 bits per heavy atom. The van der Waals surface area contributed by atoms with Crippen LogP contribution in [0.15, 0.2) is 0 Å². The first-order valence-electron chi connectivity index (χ1n) is 12.0. The Bertz CT molecular complexity index is 516. The predicted molar refractivity (Wildman–Crippen MR) is 130 cm³/mol. The van der Waals surface area contributed by atoms with Gasteiger partial charge in [0.1, 0.15) is 0 Å².